The van der Waals surface area contributed by atoms with Gasteiger partial charge in [0.2, 0.25) is 0 Å². The van der Waals surface area contributed by atoms with Crippen LogP contribution in [0.25, 0.3) is 16.6 Å². The first kappa shape index (κ1) is 26.5. The summed E-state index contributed by atoms with van der Waals surface area (Å²) in [5, 5.41) is 16.7. The van der Waals surface area contributed by atoms with Crippen LogP contribution in [0.5, 0.6) is 0 Å². The molecule has 1 fully saturated rings. The van der Waals surface area contributed by atoms with E-state index in [-0.39, 0.29) is 23.2 Å². The third-order valence-corrected chi connectivity index (χ3v) is 7.07. The number of H-pyrrole nitrogens is 1. The number of aromatic amines is 1. The zero-order chi connectivity index (χ0) is 28.7. The Balaban J connectivity index is 1.35. The van der Waals surface area contributed by atoms with Gasteiger partial charge in [0, 0.05) is 11.5 Å². The smallest absolute Gasteiger partial charge is 0.382 e. The summed E-state index contributed by atoms with van der Waals surface area (Å²) in [4.78, 5) is 13.4. The Hall–Kier alpha value is -4.71. The van der Waals surface area contributed by atoms with Crippen molar-refractivity contribution >= 4 is 28.3 Å². The van der Waals surface area contributed by atoms with Crippen LogP contribution < -0.4 is 16.4 Å². The number of fused-ring (bicyclic) bond motifs is 1. The predicted molar refractivity (Wildman–Crippen MR) is 146 cm³/mol. The van der Waals surface area contributed by atoms with Crippen molar-refractivity contribution in [1.82, 2.24) is 25.3 Å². The molecular formula is C29H25F4N7O. The van der Waals surface area contributed by atoms with Crippen LogP contribution in [0.4, 0.5) is 29.1 Å². The fraction of sp³-hybridized carbons (Fsp3) is 0.207. The Morgan fingerprint density at radius 2 is 1.83 bits per heavy atom. The van der Waals surface area contributed by atoms with Gasteiger partial charge in [-0.05, 0) is 66.8 Å². The Bertz CT molecular complexity index is 1720. The van der Waals surface area contributed by atoms with Crippen LogP contribution in [-0.4, -0.2) is 32.4 Å². The average Bonchev–Trinajstić information content (AvgIpc) is 3.54. The molecule has 8 nitrogen and oxygen atoms in total. The summed E-state index contributed by atoms with van der Waals surface area (Å²) in [5.74, 6) is -0.976. The number of nitrogens with two attached hydrogens (primary N) is 1. The first-order valence-corrected chi connectivity index (χ1v) is 13.0. The van der Waals surface area contributed by atoms with Crippen molar-refractivity contribution in [2.24, 2.45) is 5.92 Å². The highest BCUT2D eigenvalue weighted by Crippen LogP contribution is 2.33. The van der Waals surface area contributed by atoms with E-state index in [1.807, 2.05) is 30.3 Å². The van der Waals surface area contributed by atoms with Gasteiger partial charge >= 0.3 is 6.18 Å². The zero-order valence-electron chi connectivity index (χ0n) is 21.5. The standard InChI is InChI=1S/C29H25F4N7O/c30-21-10-8-18(26(35-15-16-6-7-16)17-4-2-1-3-5-17)12-23(21)36-28(41)24-14-25(29(31,32)33)39-40(24)19-9-11-22-20(13-19)27(34)38-37-22/h1-5,8-14,16,26,35H,6-7,15H2,(H,36,41)(H3,34,37,38). The summed E-state index contributed by atoms with van der Waals surface area (Å²) in [6, 6.07) is 18.8. The van der Waals surface area contributed by atoms with Gasteiger partial charge in [-0.15, -0.1) is 0 Å². The van der Waals surface area contributed by atoms with Crippen LogP contribution in [0, 0.1) is 11.7 Å². The van der Waals surface area contributed by atoms with Gasteiger partial charge in [-0.2, -0.15) is 23.4 Å². The second-order valence-electron chi connectivity index (χ2n) is 10.1. The molecule has 0 aliphatic heterocycles. The summed E-state index contributed by atoms with van der Waals surface area (Å²) in [7, 11) is 0. The molecule has 0 spiro atoms. The lowest BCUT2D eigenvalue weighted by atomic mass is 9.97. The molecule has 6 rings (SSSR count). The molecule has 1 saturated carbocycles. The maximum atomic E-state index is 15.0. The summed E-state index contributed by atoms with van der Waals surface area (Å²) >= 11 is 0. The molecule has 0 bridgehead atoms. The molecule has 1 unspecified atom stereocenters. The summed E-state index contributed by atoms with van der Waals surface area (Å²) < 4.78 is 56.8. The maximum absolute atomic E-state index is 15.0. The minimum absolute atomic E-state index is 0.137. The molecule has 0 radical (unpaired) electrons. The monoisotopic (exact) mass is 563 g/mol. The number of alkyl halides is 3. The van der Waals surface area contributed by atoms with E-state index in [0.717, 1.165) is 29.6 Å². The molecule has 12 heteroatoms. The number of nitrogen functional groups attached to an aromatic ring is 1. The van der Waals surface area contributed by atoms with E-state index in [0.29, 0.717) is 28.5 Å². The molecule has 3 aromatic carbocycles. The van der Waals surface area contributed by atoms with Gasteiger partial charge in [0.15, 0.2) is 11.5 Å². The number of hydrogen-bond donors (Lipinski definition) is 4. The third kappa shape index (κ3) is 5.50. The van der Waals surface area contributed by atoms with E-state index >= 15 is 0 Å². The first-order chi connectivity index (χ1) is 19.7. The number of carbonyl (C=O) groups excluding carboxylic acids is 1. The van der Waals surface area contributed by atoms with Crippen molar-refractivity contribution in [3.8, 4) is 5.69 Å². The normalized spacial score (nSPS) is 14.3. The lowest BCUT2D eigenvalue weighted by Gasteiger charge is -2.21. The van der Waals surface area contributed by atoms with E-state index in [4.69, 9.17) is 5.73 Å². The molecule has 2 aromatic heterocycles. The van der Waals surface area contributed by atoms with E-state index in [2.05, 4.69) is 25.9 Å². The fourth-order valence-electron chi connectivity index (χ4n) is 4.72. The Labute approximate surface area is 231 Å². The molecule has 5 aromatic rings. The Kier molecular flexibility index (Phi) is 6.70. The van der Waals surface area contributed by atoms with Crippen LogP contribution in [0.15, 0.2) is 72.8 Å². The maximum Gasteiger partial charge on any atom is 0.435 e. The molecule has 0 saturated heterocycles. The number of rotatable bonds is 8. The van der Waals surface area contributed by atoms with Crippen LogP contribution in [-0.2, 0) is 6.18 Å². The van der Waals surface area contributed by atoms with Crippen molar-refractivity contribution in [2.75, 3.05) is 17.6 Å². The minimum Gasteiger partial charge on any atom is -0.382 e. The first-order valence-electron chi connectivity index (χ1n) is 13.0. The number of benzene rings is 3. The lowest BCUT2D eigenvalue weighted by molar-refractivity contribution is -0.141. The highest BCUT2D eigenvalue weighted by molar-refractivity contribution is 6.04. The summed E-state index contributed by atoms with van der Waals surface area (Å²) in [5.41, 5.74) is 6.34. The molecule has 5 N–H and O–H groups in total. The third-order valence-electron chi connectivity index (χ3n) is 7.07. The summed E-state index contributed by atoms with van der Waals surface area (Å²) in [6.45, 7) is 0.781. The molecule has 1 amide bonds. The number of anilines is 2. The van der Waals surface area contributed by atoms with Gasteiger partial charge in [-0.3, -0.25) is 9.89 Å². The van der Waals surface area contributed by atoms with Gasteiger partial charge in [-0.1, -0.05) is 36.4 Å². The number of nitrogens with one attached hydrogen (secondary N) is 3. The molecule has 1 aliphatic rings. The van der Waals surface area contributed by atoms with Crippen LogP contribution in [0.2, 0.25) is 0 Å². The van der Waals surface area contributed by atoms with Crippen molar-refractivity contribution < 1.29 is 22.4 Å². The number of aromatic nitrogens is 4. The zero-order valence-corrected chi connectivity index (χ0v) is 21.5. The second kappa shape index (κ2) is 10.4. The highest BCUT2D eigenvalue weighted by atomic mass is 19.4. The Morgan fingerprint density at radius 3 is 2.56 bits per heavy atom. The van der Waals surface area contributed by atoms with Crippen LogP contribution >= 0.6 is 0 Å². The van der Waals surface area contributed by atoms with E-state index < -0.39 is 29.3 Å². The van der Waals surface area contributed by atoms with Gasteiger partial charge < -0.3 is 16.4 Å². The average molecular weight is 564 g/mol. The fourth-order valence-corrected chi connectivity index (χ4v) is 4.72. The SMILES string of the molecule is Nc1n[nH]c2ccc(-n3nc(C(F)(F)F)cc3C(=O)Nc3cc(C(NCC4CC4)c4ccccc4)ccc3F)cc12. The number of hydrogen-bond acceptors (Lipinski definition) is 5. The van der Waals surface area contributed by atoms with Crippen molar-refractivity contribution in [3.05, 3.63) is 101 Å². The van der Waals surface area contributed by atoms with Crippen LogP contribution in [0.3, 0.4) is 0 Å². The molecule has 2 heterocycles. The number of carbonyl (C=O) groups is 1. The largest absolute Gasteiger partial charge is 0.435 e. The van der Waals surface area contributed by atoms with E-state index in [9.17, 15) is 22.4 Å². The number of nitrogens with zero attached hydrogens (tertiary/aromatic N) is 3. The molecular weight excluding hydrogens is 538 g/mol. The van der Waals surface area contributed by atoms with Crippen molar-refractivity contribution in [1.29, 1.82) is 0 Å². The topological polar surface area (TPSA) is 114 Å². The van der Waals surface area contributed by atoms with Gasteiger partial charge in [0.1, 0.15) is 11.5 Å². The van der Waals surface area contributed by atoms with Gasteiger partial charge in [-0.25, -0.2) is 9.07 Å². The van der Waals surface area contributed by atoms with E-state index in [1.165, 1.54) is 24.3 Å². The molecule has 210 valence electrons. The van der Waals surface area contributed by atoms with Crippen molar-refractivity contribution in [2.45, 2.75) is 25.1 Å². The highest BCUT2D eigenvalue weighted by Gasteiger charge is 2.36. The predicted octanol–water partition coefficient (Wildman–Crippen LogP) is 5.83. The van der Waals surface area contributed by atoms with Crippen molar-refractivity contribution in [3.63, 3.8) is 0 Å². The summed E-state index contributed by atoms with van der Waals surface area (Å²) in [6.07, 6.45) is -2.53. The second-order valence-corrected chi connectivity index (χ2v) is 10.1. The molecule has 1 atom stereocenters. The lowest BCUT2D eigenvalue weighted by Crippen LogP contribution is -2.25. The van der Waals surface area contributed by atoms with E-state index in [1.54, 1.807) is 12.1 Å². The Morgan fingerprint density at radius 1 is 1.05 bits per heavy atom. The molecule has 1 aliphatic carbocycles. The number of amides is 1. The van der Waals surface area contributed by atoms with Gasteiger partial charge in [0.25, 0.3) is 5.91 Å². The number of halogens is 4. The quantitative estimate of drug-likeness (QED) is 0.178. The van der Waals surface area contributed by atoms with Crippen LogP contribution in [0.1, 0.15) is 46.2 Å². The minimum atomic E-state index is -4.82. The van der Waals surface area contributed by atoms with Gasteiger partial charge in [0.05, 0.1) is 22.9 Å². The molecule has 41 heavy (non-hydrogen) atoms.